The standard InChI is InChI=1S/C13H11Br2F2N3/c1-6(2)13-18-10(15)5-11(20-13)19-12-8(16)3-7(14)4-9(12)17/h3-6H,1-2H3,(H,18,19,20). The Morgan fingerprint density at radius 2 is 1.65 bits per heavy atom. The molecule has 1 N–H and O–H groups in total. The Bertz CT molecular complexity index is 625. The Morgan fingerprint density at radius 3 is 2.20 bits per heavy atom. The van der Waals surface area contributed by atoms with Crippen molar-refractivity contribution in [1.29, 1.82) is 0 Å². The van der Waals surface area contributed by atoms with E-state index in [1.807, 2.05) is 13.8 Å². The topological polar surface area (TPSA) is 37.8 Å². The van der Waals surface area contributed by atoms with Crippen molar-refractivity contribution < 1.29 is 8.78 Å². The third kappa shape index (κ3) is 3.52. The van der Waals surface area contributed by atoms with Crippen molar-refractivity contribution in [2.24, 2.45) is 0 Å². The van der Waals surface area contributed by atoms with Crippen molar-refractivity contribution in [2.45, 2.75) is 19.8 Å². The fourth-order valence-electron chi connectivity index (χ4n) is 1.55. The normalized spacial score (nSPS) is 10.9. The summed E-state index contributed by atoms with van der Waals surface area (Å²) in [4.78, 5) is 8.44. The van der Waals surface area contributed by atoms with Crippen LogP contribution in [0.5, 0.6) is 0 Å². The lowest BCUT2D eigenvalue weighted by Crippen LogP contribution is -2.04. The van der Waals surface area contributed by atoms with E-state index in [2.05, 4.69) is 47.1 Å². The minimum absolute atomic E-state index is 0.104. The number of halogens is 4. The highest BCUT2D eigenvalue weighted by atomic mass is 79.9. The van der Waals surface area contributed by atoms with Crippen LogP contribution in [0.1, 0.15) is 25.6 Å². The van der Waals surface area contributed by atoms with Crippen LogP contribution in [0.15, 0.2) is 27.3 Å². The van der Waals surface area contributed by atoms with Gasteiger partial charge in [0.05, 0.1) is 0 Å². The smallest absolute Gasteiger partial charge is 0.150 e. The molecule has 7 heteroatoms. The van der Waals surface area contributed by atoms with E-state index >= 15 is 0 Å². The first-order valence-electron chi connectivity index (χ1n) is 5.83. The SMILES string of the molecule is CC(C)c1nc(Br)cc(Nc2c(F)cc(Br)cc2F)n1. The van der Waals surface area contributed by atoms with Gasteiger partial charge in [-0.3, -0.25) is 0 Å². The summed E-state index contributed by atoms with van der Waals surface area (Å²) in [7, 11) is 0. The van der Waals surface area contributed by atoms with Gasteiger partial charge in [-0.25, -0.2) is 18.7 Å². The van der Waals surface area contributed by atoms with E-state index in [9.17, 15) is 8.78 Å². The number of hydrogen-bond donors (Lipinski definition) is 1. The Labute approximate surface area is 132 Å². The summed E-state index contributed by atoms with van der Waals surface area (Å²) in [6.45, 7) is 3.87. The average molecular weight is 407 g/mol. The highest BCUT2D eigenvalue weighted by Gasteiger charge is 2.13. The average Bonchev–Trinajstić information content (AvgIpc) is 2.33. The highest BCUT2D eigenvalue weighted by Crippen LogP contribution is 2.27. The quantitative estimate of drug-likeness (QED) is 0.716. The van der Waals surface area contributed by atoms with Gasteiger partial charge in [-0.1, -0.05) is 29.8 Å². The zero-order chi connectivity index (χ0) is 14.9. The van der Waals surface area contributed by atoms with Gasteiger partial charge < -0.3 is 5.32 Å². The van der Waals surface area contributed by atoms with Crippen LogP contribution in [0, 0.1) is 11.6 Å². The Balaban J connectivity index is 2.40. The zero-order valence-electron chi connectivity index (χ0n) is 10.7. The first kappa shape index (κ1) is 15.3. The molecule has 1 heterocycles. The molecule has 0 unspecified atom stereocenters. The summed E-state index contributed by atoms with van der Waals surface area (Å²) in [5.41, 5.74) is -0.242. The number of hydrogen-bond acceptors (Lipinski definition) is 3. The second-order valence-electron chi connectivity index (χ2n) is 4.46. The largest absolute Gasteiger partial charge is 0.335 e. The van der Waals surface area contributed by atoms with Crippen molar-refractivity contribution in [3.05, 3.63) is 44.7 Å². The lowest BCUT2D eigenvalue weighted by atomic mass is 10.2. The minimum atomic E-state index is -0.697. The van der Waals surface area contributed by atoms with E-state index in [0.29, 0.717) is 20.7 Å². The van der Waals surface area contributed by atoms with Gasteiger partial charge in [-0.05, 0) is 28.1 Å². The van der Waals surface area contributed by atoms with Crippen molar-refractivity contribution in [3.63, 3.8) is 0 Å². The predicted octanol–water partition coefficient (Wildman–Crippen LogP) is 5.15. The maximum absolute atomic E-state index is 13.8. The van der Waals surface area contributed by atoms with Gasteiger partial charge in [0.15, 0.2) is 11.6 Å². The van der Waals surface area contributed by atoms with Crippen LogP contribution in [0.25, 0.3) is 0 Å². The molecule has 3 nitrogen and oxygen atoms in total. The molecular weight excluding hydrogens is 396 g/mol. The second-order valence-corrected chi connectivity index (χ2v) is 6.19. The lowest BCUT2D eigenvalue weighted by Gasteiger charge is -2.11. The maximum Gasteiger partial charge on any atom is 0.150 e. The van der Waals surface area contributed by atoms with Gasteiger partial charge in [-0.2, -0.15) is 0 Å². The molecule has 1 aromatic carbocycles. The third-order valence-electron chi connectivity index (χ3n) is 2.49. The summed E-state index contributed by atoms with van der Waals surface area (Å²) >= 11 is 6.29. The van der Waals surface area contributed by atoms with E-state index in [-0.39, 0.29) is 11.6 Å². The van der Waals surface area contributed by atoms with Crippen molar-refractivity contribution in [2.75, 3.05) is 5.32 Å². The van der Waals surface area contributed by atoms with E-state index in [4.69, 9.17) is 0 Å². The molecule has 0 saturated heterocycles. The van der Waals surface area contributed by atoms with E-state index in [0.717, 1.165) is 0 Å². The fourth-order valence-corrected chi connectivity index (χ4v) is 2.35. The molecule has 0 aliphatic heterocycles. The number of nitrogens with zero attached hydrogens (tertiary/aromatic N) is 2. The molecule has 20 heavy (non-hydrogen) atoms. The molecule has 0 radical (unpaired) electrons. The van der Waals surface area contributed by atoms with Crippen molar-refractivity contribution in [3.8, 4) is 0 Å². The Kier molecular flexibility index (Phi) is 4.70. The monoisotopic (exact) mass is 405 g/mol. The molecule has 2 rings (SSSR count). The van der Waals surface area contributed by atoms with E-state index in [1.165, 1.54) is 12.1 Å². The summed E-state index contributed by atoms with van der Waals surface area (Å²) in [5.74, 6) is -0.376. The van der Waals surface area contributed by atoms with E-state index < -0.39 is 11.6 Å². The third-order valence-corrected chi connectivity index (χ3v) is 3.35. The van der Waals surface area contributed by atoms with Gasteiger partial charge in [0.25, 0.3) is 0 Å². The van der Waals surface area contributed by atoms with Gasteiger partial charge in [0, 0.05) is 16.5 Å². The van der Waals surface area contributed by atoms with Crippen LogP contribution in [-0.4, -0.2) is 9.97 Å². The number of rotatable bonds is 3. The van der Waals surface area contributed by atoms with E-state index in [1.54, 1.807) is 6.07 Å². The molecule has 0 amide bonds. The van der Waals surface area contributed by atoms with Gasteiger partial charge >= 0.3 is 0 Å². The fraction of sp³-hybridized carbons (Fsp3) is 0.231. The molecule has 2 aromatic rings. The first-order valence-corrected chi connectivity index (χ1v) is 7.41. The van der Waals surface area contributed by atoms with Crippen LogP contribution in [0.4, 0.5) is 20.3 Å². The van der Waals surface area contributed by atoms with Gasteiger partial charge in [0.1, 0.15) is 21.9 Å². The lowest BCUT2D eigenvalue weighted by molar-refractivity contribution is 0.589. The van der Waals surface area contributed by atoms with Crippen LogP contribution in [-0.2, 0) is 0 Å². The maximum atomic E-state index is 13.8. The van der Waals surface area contributed by atoms with Crippen LogP contribution in [0.3, 0.4) is 0 Å². The summed E-state index contributed by atoms with van der Waals surface area (Å²) in [5, 5.41) is 2.65. The molecule has 0 fully saturated rings. The summed E-state index contributed by atoms with van der Waals surface area (Å²) in [6.07, 6.45) is 0. The first-order chi connectivity index (χ1) is 9.36. The molecule has 0 saturated carbocycles. The molecule has 0 atom stereocenters. The molecular formula is C13H11Br2F2N3. The number of aromatic nitrogens is 2. The number of anilines is 2. The highest BCUT2D eigenvalue weighted by molar-refractivity contribution is 9.10. The van der Waals surface area contributed by atoms with Crippen LogP contribution >= 0.6 is 31.9 Å². The molecule has 0 spiro atoms. The number of nitrogens with one attached hydrogen (secondary N) is 1. The van der Waals surface area contributed by atoms with Crippen molar-refractivity contribution in [1.82, 2.24) is 9.97 Å². The predicted molar refractivity (Wildman–Crippen MR) is 81.2 cm³/mol. The van der Waals surface area contributed by atoms with Crippen LogP contribution < -0.4 is 5.32 Å². The zero-order valence-corrected chi connectivity index (χ0v) is 13.9. The molecule has 106 valence electrons. The van der Waals surface area contributed by atoms with Crippen LogP contribution in [0.2, 0.25) is 0 Å². The van der Waals surface area contributed by atoms with Gasteiger partial charge in [-0.15, -0.1) is 0 Å². The van der Waals surface area contributed by atoms with Crippen molar-refractivity contribution >= 4 is 43.4 Å². The molecule has 0 aliphatic rings. The molecule has 1 aromatic heterocycles. The summed E-state index contributed by atoms with van der Waals surface area (Å²) in [6, 6.07) is 3.93. The molecule has 0 bridgehead atoms. The Morgan fingerprint density at radius 1 is 1.05 bits per heavy atom. The number of benzene rings is 1. The Hall–Kier alpha value is -1.08. The second kappa shape index (κ2) is 6.13. The molecule has 0 aliphatic carbocycles. The van der Waals surface area contributed by atoms with Gasteiger partial charge in [0.2, 0.25) is 0 Å². The minimum Gasteiger partial charge on any atom is -0.335 e. The summed E-state index contributed by atoms with van der Waals surface area (Å²) < 4.78 is 28.4.